The molecule has 0 atom stereocenters. The molecule has 0 aromatic carbocycles. The van der Waals surface area contributed by atoms with Crippen molar-refractivity contribution in [2.24, 2.45) is 0 Å². The van der Waals surface area contributed by atoms with Crippen LogP contribution in [-0.2, 0) is 4.74 Å². The SMILES string of the molecule is CCOCCNCCSc1nccc(C)n1. The van der Waals surface area contributed by atoms with Crippen LogP contribution in [0.25, 0.3) is 0 Å². The molecule has 0 spiro atoms. The molecule has 0 fully saturated rings. The number of ether oxygens (including phenoxy) is 1. The third-order valence-electron chi connectivity index (χ3n) is 1.91. The molecular formula is C11H19N3OS. The van der Waals surface area contributed by atoms with Gasteiger partial charge in [0.2, 0.25) is 0 Å². The number of hydrogen-bond donors (Lipinski definition) is 1. The summed E-state index contributed by atoms with van der Waals surface area (Å²) in [5, 5.41) is 4.16. The van der Waals surface area contributed by atoms with E-state index in [2.05, 4.69) is 15.3 Å². The molecule has 1 heterocycles. The highest BCUT2D eigenvalue weighted by molar-refractivity contribution is 7.99. The van der Waals surface area contributed by atoms with Gasteiger partial charge in [0.05, 0.1) is 6.61 Å². The average molecular weight is 241 g/mol. The summed E-state index contributed by atoms with van der Waals surface area (Å²) in [7, 11) is 0. The Balaban J connectivity index is 2.03. The molecule has 1 aromatic heterocycles. The minimum absolute atomic E-state index is 0.780. The summed E-state index contributed by atoms with van der Waals surface area (Å²) >= 11 is 1.67. The molecule has 0 saturated carbocycles. The van der Waals surface area contributed by atoms with Crippen LogP contribution in [0.15, 0.2) is 17.4 Å². The standard InChI is InChI=1S/C11H19N3OS/c1-3-15-8-6-12-7-9-16-11-13-5-4-10(2)14-11/h4-5,12H,3,6-9H2,1-2H3. The molecule has 1 N–H and O–H groups in total. The van der Waals surface area contributed by atoms with Gasteiger partial charge in [0.15, 0.2) is 5.16 Å². The number of hydrogen-bond acceptors (Lipinski definition) is 5. The van der Waals surface area contributed by atoms with Gasteiger partial charge in [0.25, 0.3) is 0 Å². The predicted molar refractivity (Wildman–Crippen MR) is 66.9 cm³/mol. The van der Waals surface area contributed by atoms with Crippen LogP contribution >= 0.6 is 11.8 Å². The van der Waals surface area contributed by atoms with Crippen LogP contribution in [-0.4, -0.2) is 42.0 Å². The Hall–Kier alpha value is -0.650. The molecular weight excluding hydrogens is 222 g/mol. The van der Waals surface area contributed by atoms with Crippen molar-refractivity contribution in [2.75, 3.05) is 32.1 Å². The van der Waals surface area contributed by atoms with Crippen LogP contribution in [0.4, 0.5) is 0 Å². The quantitative estimate of drug-likeness (QED) is 0.424. The van der Waals surface area contributed by atoms with Gasteiger partial charge in [0.1, 0.15) is 0 Å². The lowest BCUT2D eigenvalue weighted by molar-refractivity contribution is 0.150. The third-order valence-corrected chi connectivity index (χ3v) is 2.77. The van der Waals surface area contributed by atoms with Gasteiger partial charge in [-0.15, -0.1) is 0 Å². The lowest BCUT2D eigenvalue weighted by atomic mass is 10.5. The number of aryl methyl sites for hydroxylation is 1. The summed E-state index contributed by atoms with van der Waals surface area (Å²) in [6, 6.07) is 1.91. The van der Waals surface area contributed by atoms with E-state index in [1.54, 1.807) is 18.0 Å². The minimum Gasteiger partial charge on any atom is -0.380 e. The van der Waals surface area contributed by atoms with Crippen molar-refractivity contribution in [2.45, 2.75) is 19.0 Å². The molecule has 0 amide bonds. The molecule has 1 rings (SSSR count). The van der Waals surface area contributed by atoms with Crippen molar-refractivity contribution in [3.8, 4) is 0 Å². The molecule has 0 aliphatic heterocycles. The van der Waals surface area contributed by atoms with E-state index in [0.717, 1.165) is 42.9 Å². The first-order valence-electron chi connectivity index (χ1n) is 5.54. The summed E-state index contributed by atoms with van der Waals surface area (Å²) in [4.78, 5) is 8.51. The van der Waals surface area contributed by atoms with Gasteiger partial charge in [-0.1, -0.05) is 11.8 Å². The summed E-state index contributed by atoms with van der Waals surface area (Å²) in [6.07, 6.45) is 1.80. The first kappa shape index (κ1) is 13.4. The first-order chi connectivity index (χ1) is 7.83. The van der Waals surface area contributed by atoms with Crippen molar-refractivity contribution in [1.82, 2.24) is 15.3 Å². The normalized spacial score (nSPS) is 10.6. The van der Waals surface area contributed by atoms with Crippen LogP contribution < -0.4 is 5.32 Å². The van der Waals surface area contributed by atoms with E-state index in [9.17, 15) is 0 Å². The second-order valence-electron chi connectivity index (χ2n) is 3.28. The zero-order valence-electron chi connectivity index (χ0n) is 9.90. The Morgan fingerprint density at radius 1 is 1.44 bits per heavy atom. The summed E-state index contributed by atoms with van der Waals surface area (Å²) in [5.74, 6) is 0.982. The van der Waals surface area contributed by atoms with E-state index < -0.39 is 0 Å². The van der Waals surface area contributed by atoms with Crippen molar-refractivity contribution in [3.05, 3.63) is 18.0 Å². The van der Waals surface area contributed by atoms with E-state index in [1.165, 1.54) is 0 Å². The number of rotatable bonds is 8. The number of nitrogens with one attached hydrogen (secondary N) is 1. The number of nitrogens with zero attached hydrogens (tertiary/aromatic N) is 2. The third kappa shape index (κ3) is 6.05. The highest BCUT2D eigenvalue weighted by atomic mass is 32.2. The van der Waals surface area contributed by atoms with E-state index in [4.69, 9.17) is 4.74 Å². The zero-order valence-corrected chi connectivity index (χ0v) is 10.7. The van der Waals surface area contributed by atoms with Crippen LogP contribution in [0.2, 0.25) is 0 Å². The Bertz CT molecular complexity index is 296. The van der Waals surface area contributed by atoms with Gasteiger partial charge in [-0.2, -0.15) is 0 Å². The predicted octanol–water partition coefficient (Wildman–Crippen LogP) is 1.50. The molecule has 0 aliphatic rings. The van der Waals surface area contributed by atoms with Crippen LogP contribution in [0.5, 0.6) is 0 Å². The lowest BCUT2D eigenvalue weighted by Gasteiger charge is -2.04. The summed E-state index contributed by atoms with van der Waals surface area (Å²) in [6.45, 7) is 7.41. The minimum atomic E-state index is 0.780. The van der Waals surface area contributed by atoms with Gasteiger partial charge in [-0.3, -0.25) is 0 Å². The molecule has 0 aliphatic carbocycles. The second-order valence-corrected chi connectivity index (χ2v) is 4.34. The molecule has 90 valence electrons. The lowest BCUT2D eigenvalue weighted by Crippen LogP contribution is -2.22. The number of aromatic nitrogens is 2. The fourth-order valence-electron chi connectivity index (χ4n) is 1.12. The molecule has 0 saturated heterocycles. The Labute approximate surface area is 101 Å². The Morgan fingerprint density at radius 3 is 3.06 bits per heavy atom. The van der Waals surface area contributed by atoms with Crippen molar-refractivity contribution < 1.29 is 4.74 Å². The average Bonchev–Trinajstić information content (AvgIpc) is 2.28. The first-order valence-corrected chi connectivity index (χ1v) is 6.52. The van der Waals surface area contributed by atoms with E-state index in [-0.39, 0.29) is 0 Å². The molecule has 0 bridgehead atoms. The molecule has 5 heteroatoms. The Kier molecular flexibility index (Phi) is 7.12. The van der Waals surface area contributed by atoms with E-state index >= 15 is 0 Å². The zero-order chi connectivity index (χ0) is 11.6. The molecule has 0 unspecified atom stereocenters. The molecule has 16 heavy (non-hydrogen) atoms. The summed E-state index contributed by atoms with van der Waals surface area (Å²) in [5.41, 5.74) is 1.02. The van der Waals surface area contributed by atoms with Gasteiger partial charge in [-0.05, 0) is 19.9 Å². The van der Waals surface area contributed by atoms with Crippen LogP contribution in [0.3, 0.4) is 0 Å². The molecule has 1 aromatic rings. The van der Waals surface area contributed by atoms with Crippen molar-refractivity contribution in [3.63, 3.8) is 0 Å². The Morgan fingerprint density at radius 2 is 2.31 bits per heavy atom. The largest absolute Gasteiger partial charge is 0.380 e. The maximum absolute atomic E-state index is 5.22. The van der Waals surface area contributed by atoms with Gasteiger partial charge >= 0.3 is 0 Å². The number of thioether (sulfide) groups is 1. The maximum atomic E-state index is 5.22. The molecule has 0 radical (unpaired) electrons. The smallest absolute Gasteiger partial charge is 0.187 e. The fourth-order valence-corrected chi connectivity index (χ4v) is 1.90. The van der Waals surface area contributed by atoms with E-state index in [0.29, 0.717) is 0 Å². The topological polar surface area (TPSA) is 47.0 Å². The molecule has 4 nitrogen and oxygen atoms in total. The fraction of sp³-hybridized carbons (Fsp3) is 0.636. The van der Waals surface area contributed by atoms with Gasteiger partial charge in [-0.25, -0.2) is 9.97 Å². The van der Waals surface area contributed by atoms with Crippen molar-refractivity contribution >= 4 is 11.8 Å². The van der Waals surface area contributed by atoms with E-state index in [1.807, 2.05) is 19.9 Å². The van der Waals surface area contributed by atoms with Gasteiger partial charge < -0.3 is 10.1 Å². The van der Waals surface area contributed by atoms with Crippen LogP contribution in [0.1, 0.15) is 12.6 Å². The highest BCUT2D eigenvalue weighted by Gasteiger charge is 1.96. The van der Waals surface area contributed by atoms with Gasteiger partial charge in [0, 0.05) is 37.3 Å². The van der Waals surface area contributed by atoms with Crippen molar-refractivity contribution in [1.29, 1.82) is 0 Å². The highest BCUT2D eigenvalue weighted by Crippen LogP contribution is 2.10. The second kappa shape index (κ2) is 8.50. The maximum Gasteiger partial charge on any atom is 0.187 e. The summed E-state index contributed by atoms with van der Waals surface area (Å²) < 4.78 is 5.22. The monoisotopic (exact) mass is 241 g/mol. The van der Waals surface area contributed by atoms with Crippen LogP contribution in [0, 0.1) is 6.92 Å².